The second kappa shape index (κ2) is 10.3. The van der Waals surface area contributed by atoms with Crippen molar-refractivity contribution < 1.29 is 0 Å². The van der Waals surface area contributed by atoms with Crippen molar-refractivity contribution in [2.45, 2.75) is 6.92 Å². The van der Waals surface area contributed by atoms with Crippen molar-refractivity contribution in [3.05, 3.63) is 98.6 Å². The van der Waals surface area contributed by atoms with Crippen LogP contribution in [0.5, 0.6) is 0 Å². The predicted molar refractivity (Wildman–Crippen MR) is 146 cm³/mol. The Kier molecular flexibility index (Phi) is 7.20. The Morgan fingerprint density at radius 2 is 1.64 bits per heavy atom. The molecule has 0 amide bonds. The highest BCUT2D eigenvalue weighted by atomic mass is 79.9. The summed E-state index contributed by atoms with van der Waals surface area (Å²) in [6.07, 6.45) is 1.77. The van der Waals surface area contributed by atoms with Gasteiger partial charge >= 0.3 is 0 Å². The van der Waals surface area contributed by atoms with E-state index >= 15 is 0 Å². The predicted octanol–water partition coefficient (Wildman–Crippen LogP) is 6.84. The molecule has 4 aromatic rings. The molecule has 3 aromatic carbocycles. The van der Waals surface area contributed by atoms with E-state index in [1.165, 1.54) is 0 Å². The number of anilines is 1. The normalized spacial score (nSPS) is 11.8. The number of para-hydroxylation sites is 1. The minimum absolute atomic E-state index is 0.548. The number of nitrogens with zero attached hydrogens (tertiary/aromatic N) is 4. The second-order valence-electron chi connectivity index (χ2n) is 7.78. The fourth-order valence-electron chi connectivity index (χ4n) is 3.27. The van der Waals surface area contributed by atoms with Crippen LogP contribution in [0.2, 0.25) is 0 Å². The van der Waals surface area contributed by atoms with Crippen LogP contribution in [-0.2, 0) is 0 Å². The van der Waals surface area contributed by atoms with Crippen LogP contribution in [0.4, 0.5) is 11.4 Å². The third kappa shape index (κ3) is 5.67. The number of aromatic nitrogens is 1. The summed E-state index contributed by atoms with van der Waals surface area (Å²) in [6, 6.07) is 24.2. The van der Waals surface area contributed by atoms with Gasteiger partial charge in [-0.25, -0.2) is 9.98 Å². The molecule has 0 radical (unpaired) electrons. The summed E-state index contributed by atoms with van der Waals surface area (Å²) in [6.45, 7) is 2.04. The largest absolute Gasteiger partial charge is 0.378 e. The lowest BCUT2D eigenvalue weighted by Crippen LogP contribution is -2.20. The van der Waals surface area contributed by atoms with Gasteiger partial charge in [0.05, 0.1) is 17.4 Å². The molecule has 0 aliphatic rings. The van der Waals surface area contributed by atoms with Crippen molar-refractivity contribution in [1.29, 1.82) is 0 Å². The molecule has 1 heterocycles. The van der Waals surface area contributed by atoms with Gasteiger partial charge < -0.3 is 4.90 Å². The van der Waals surface area contributed by atoms with Crippen LogP contribution in [0.15, 0.2) is 91.8 Å². The zero-order valence-electron chi connectivity index (χ0n) is 18.6. The summed E-state index contributed by atoms with van der Waals surface area (Å²) in [5.74, 6) is 0.548. The standard InChI is InChI=1S/C26H23Br2N5/c1-17-14-21(27)25(22(28)15-17)31-26(24-13-10-19-6-4-5-7-23(19)30-24)32-29-16-18-8-11-20(12-9-18)33(2)3/h4-16H,1-3H3,(H,31,32). The maximum Gasteiger partial charge on any atom is 0.173 e. The number of halogens is 2. The van der Waals surface area contributed by atoms with E-state index in [9.17, 15) is 0 Å². The number of rotatable bonds is 5. The molecule has 4 rings (SSSR count). The molecular weight excluding hydrogens is 542 g/mol. The molecular formula is C26H23Br2N5. The highest BCUT2D eigenvalue weighted by Gasteiger charge is 2.11. The second-order valence-corrected chi connectivity index (χ2v) is 9.49. The van der Waals surface area contributed by atoms with Gasteiger partial charge in [-0.05, 0) is 86.3 Å². The molecule has 0 aliphatic heterocycles. The molecule has 7 heteroatoms. The van der Waals surface area contributed by atoms with Crippen molar-refractivity contribution in [2.75, 3.05) is 19.0 Å². The van der Waals surface area contributed by atoms with Crippen LogP contribution in [0.1, 0.15) is 16.8 Å². The maximum atomic E-state index is 4.87. The van der Waals surface area contributed by atoms with E-state index in [2.05, 4.69) is 59.4 Å². The first-order valence-corrected chi connectivity index (χ1v) is 12.0. The van der Waals surface area contributed by atoms with E-state index in [0.717, 1.165) is 42.4 Å². The number of fused-ring (bicyclic) bond motifs is 1. The zero-order valence-corrected chi connectivity index (χ0v) is 21.7. The number of hydrazone groups is 1. The van der Waals surface area contributed by atoms with Gasteiger partial charge in [-0.3, -0.25) is 5.43 Å². The van der Waals surface area contributed by atoms with Crippen molar-refractivity contribution in [3.63, 3.8) is 0 Å². The Morgan fingerprint density at radius 1 is 0.939 bits per heavy atom. The van der Waals surface area contributed by atoms with Crippen molar-refractivity contribution in [2.24, 2.45) is 10.1 Å². The van der Waals surface area contributed by atoms with Gasteiger partial charge in [0.1, 0.15) is 5.69 Å². The highest BCUT2D eigenvalue weighted by molar-refractivity contribution is 9.11. The maximum absolute atomic E-state index is 4.87. The van der Waals surface area contributed by atoms with Crippen LogP contribution in [-0.4, -0.2) is 31.1 Å². The fourth-order valence-corrected chi connectivity index (χ4v) is 4.87. The molecule has 0 atom stereocenters. The summed E-state index contributed by atoms with van der Waals surface area (Å²) < 4.78 is 1.77. The van der Waals surface area contributed by atoms with Gasteiger partial charge in [-0.2, -0.15) is 5.10 Å². The number of pyridine rings is 1. The Morgan fingerprint density at radius 3 is 2.33 bits per heavy atom. The van der Waals surface area contributed by atoms with E-state index in [1.807, 2.05) is 81.7 Å². The van der Waals surface area contributed by atoms with Crippen molar-refractivity contribution in [3.8, 4) is 0 Å². The van der Waals surface area contributed by atoms with Crippen molar-refractivity contribution in [1.82, 2.24) is 10.4 Å². The third-order valence-corrected chi connectivity index (χ3v) is 6.23. The first kappa shape index (κ1) is 23.1. The lowest BCUT2D eigenvalue weighted by atomic mass is 10.2. The van der Waals surface area contributed by atoms with Gasteiger partial charge in [-0.15, -0.1) is 0 Å². The van der Waals surface area contributed by atoms with Gasteiger partial charge in [0.2, 0.25) is 0 Å². The number of nitrogens with one attached hydrogen (secondary N) is 1. The van der Waals surface area contributed by atoms with Crippen LogP contribution < -0.4 is 10.3 Å². The SMILES string of the molecule is Cc1cc(Br)c(N=C(NN=Cc2ccc(N(C)C)cc2)c2ccc3ccccc3n2)c(Br)c1. The average molecular weight is 565 g/mol. The molecule has 0 saturated heterocycles. The van der Waals surface area contributed by atoms with Crippen LogP contribution >= 0.6 is 31.9 Å². The fraction of sp³-hybridized carbons (Fsp3) is 0.115. The molecule has 0 bridgehead atoms. The number of amidine groups is 1. The van der Waals surface area contributed by atoms with E-state index in [4.69, 9.17) is 9.98 Å². The Labute approximate surface area is 210 Å². The first-order chi connectivity index (χ1) is 15.9. The molecule has 1 N–H and O–H groups in total. The number of benzene rings is 3. The van der Waals surface area contributed by atoms with Gasteiger partial charge in [0.15, 0.2) is 5.84 Å². The van der Waals surface area contributed by atoms with Gasteiger partial charge in [0, 0.05) is 34.1 Å². The summed E-state index contributed by atoms with van der Waals surface area (Å²) >= 11 is 7.27. The number of aliphatic imine (C=N–C) groups is 1. The summed E-state index contributed by atoms with van der Waals surface area (Å²) in [7, 11) is 4.04. The molecule has 0 aliphatic carbocycles. The van der Waals surface area contributed by atoms with E-state index < -0.39 is 0 Å². The van der Waals surface area contributed by atoms with E-state index in [-0.39, 0.29) is 0 Å². The van der Waals surface area contributed by atoms with Gasteiger partial charge in [-0.1, -0.05) is 36.4 Å². The number of hydrogen-bond acceptors (Lipinski definition) is 4. The number of aryl methyl sites for hydroxylation is 1. The van der Waals surface area contributed by atoms with Gasteiger partial charge in [0.25, 0.3) is 0 Å². The minimum atomic E-state index is 0.548. The quantitative estimate of drug-likeness (QED) is 0.164. The first-order valence-electron chi connectivity index (χ1n) is 10.4. The molecule has 33 heavy (non-hydrogen) atoms. The van der Waals surface area contributed by atoms with Crippen LogP contribution in [0.25, 0.3) is 10.9 Å². The zero-order chi connectivity index (χ0) is 23.4. The lowest BCUT2D eigenvalue weighted by molar-refractivity contribution is 1.02. The Balaban J connectivity index is 1.71. The Bertz CT molecular complexity index is 1320. The molecule has 0 spiro atoms. The third-order valence-electron chi connectivity index (χ3n) is 5.02. The lowest BCUT2D eigenvalue weighted by Gasteiger charge is -2.12. The minimum Gasteiger partial charge on any atom is -0.378 e. The summed E-state index contributed by atoms with van der Waals surface area (Å²) in [4.78, 5) is 11.7. The summed E-state index contributed by atoms with van der Waals surface area (Å²) in [5.41, 5.74) is 8.72. The molecule has 0 unspecified atom stereocenters. The highest BCUT2D eigenvalue weighted by Crippen LogP contribution is 2.35. The smallest absolute Gasteiger partial charge is 0.173 e. The Hall–Kier alpha value is -3.03. The van der Waals surface area contributed by atoms with Crippen LogP contribution in [0.3, 0.4) is 0 Å². The molecule has 1 aromatic heterocycles. The molecule has 0 saturated carbocycles. The van der Waals surface area contributed by atoms with Crippen molar-refractivity contribution >= 4 is 66.2 Å². The molecule has 166 valence electrons. The van der Waals surface area contributed by atoms with E-state index in [1.54, 1.807) is 6.21 Å². The van der Waals surface area contributed by atoms with Crippen LogP contribution in [0, 0.1) is 6.92 Å². The monoisotopic (exact) mass is 563 g/mol. The van der Waals surface area contributed by atoms with E-state index in [0.29, 0.717) is 11.5 Å². The molecule has 5 nitrogen and oxygen atoms in total. The molecule has 0 fully saturated rings. The number of hydrogen-bond donors (Lipinski definition) is 1. The summed E-state index contributed by atoms with van der Waals surface area (Å²) in [5, 5.41) is 5.53. The topological polar surface area (TPSA) is 52.9 Å². The average Bonchev–Trinajstić information content (AvgIpc) is 2.80.